The van der Waals surface area contributed by atoms with Crippen LogP contribution in [0.5, 0.6) is 0 Å². The summed E-state index contributed by atoms with van der Waals surface area (Å²) in [6, 6.07) is 16.4. The molecule has 1 heterocycles. The number of carbonyl (C=O) groups is 1. The molecule has 168 valence electrons. The first-order chi connectivity index (χ1) is 15.5. The third kappa shape index (κ3) is 5.28. The van der Waals surface area contributed by atoms with Crippen LogP contribution in [0, 0.1) is 0 Å². The third-order valence-corrected chi connectivity index (χ3v) is 6.02. The van der Waals surface area contributed by atoms with Crippen LogP contribution in [0.4, 0.5) is 22.2 Å². The summed E-state index contributed by atoms with van der Waals surface area (Å²) in [6.07, 6.45) is 4.76. The van der Waals surface area contributed by atoms with Gasteiger partial charge in [0.15, 0.2) is 0 Å². The zero-order valence-corrected chi connectivity index (χ0v) is 19.1. The van der Waals surface area contributed by atoms with E-state index >= 15 is 0 Å². The van der Waals surface area contributed by atoms with Crippen molar-refractivity contribution in [3.63, 3.8) is 0 Å². The van der Waals surface area contributed by atoms with Gasteiger partial charge in [-0.05, 0) is 61.9 Å². The largest absolute Gasteiger partial charge is 0.362 e. The summed E-state index contributed by atoms with van der Waals surface area (Å²) in [4.78, 5) is 23.8. The summed E-state index contributed by atoms with van der Waals surface area (Å²) >= 11 is 0. The Labute approximate surface area is 189 Å². The second kappa shape index (κ2) is 9.85. The number of urea groups is 1. The topological polar surface area (TPSA) is 82.2 Å². The van der Waals surface area contributed by atoms with Crippen molar-refractivity contribution in [3.8, 4) is 0 Å². The van der Waals surface area contributed by atoms with E-state index in [9.17, 15) is 4.79 Å². The lowest BCUT2D eigenvalue weighted by atomic mass is 9.91. The first-order valence-corrected chi connectivity index (χ1v) is 11.4. The maximum atomic E-state index is 12.4. The fourth-order valence-electron chi connectivity index (χ4n) is 4.21. The number of amides is 2. The Morgan fingerprint density at radius 1 is 0.969 bits per heavy atom. The number of benzene rings is 2. The first-order valence-electron chi connectivity index (χ1n) is 11.4. The van der Waals surface area contributed by atoms with Crippen molar-refractivity contribution in [3.05, 3.63) is 54.1 Å². The van der Waals surface area contributed by atoms with Crippen LogP contribution >= 0.6 is 0 Å². The molecule has 7 nitrogen and oxygen atoms in total. The Bertz CT molecular complexity index is 1060. The molecule has 0 spiro atoms. The van der Waals surface area contributed by atoms with Crippen LogP contribution in [0.2, 0.25) is 0 Å². The second-order valence-corrected chi connectivity index (χ2v) is 8.62. The Kier molecular flexibility index (Phi) is 6.73. The zero-order valence-electron chi connectivity index (χ0n) is 19.1. The van der Waals surface area contributed by atoms with Crippen molar-refractivity contribution >= 4 is 34.4 Å². The molecule has 1 fully saturated rings. The lowest BCUT2D eigenvalue weighted by Crippen LogP contribution is -2.42. The fraction of sp³-hybridized carbons (Fsp3) is 0.400. The molecule has 7 heteroatoms. The highest BCUT2D eigenvalue weighted by Crippen LogP contribution is 2.26. The molecule has 2 amide bonds. The van der Waals surface area contributed by atoms with E-state index in [1.807, 2.05) is 61.5 Å². The Hall–Kier alpha value is -3.35. The normalized spacial score (nSPS) is 18.2. The molecule has 0 aliphatic heterocycles. The summed E-state index contributed by atoms with van der Waals surface area (Å²) in [5, 5.41) is 10.6. The Morgan fingerprint density at radius 2 is 1.66 bits per heavy atom. The molecule has 2 aromatic carbocycles. The highest BCUT2D eigenvalue weighted by molar-refractivity contribution is 5.90. The van der Waals surface area contributed by atoms with Crippen LogP contribution in [-0.4, -0.2) is 42.2 Å². The van der Waals surface area contributed by atoms with E-state index in [1.165, 1.54) is 5.56 Å². The molecule has 1 aromatic heterocycles. The van der Waals surface area contributed by atoms with E-state index < -0.39 is 0 Å². The van der Waals surface area contributed by atoms with Gasteiger partial charge in [-0.1, -0.05) is 31.2 Å². The molecule has 1 saturated carbocycles. The molecular weight excluding hydrogens is 400 g/mol. The van der Waals surface area contributed by atoms with E-state index in [1.54, 1.807) is 0 Å². The molecule has 0 radical (unpaired) electrons. The average molecular weight is 433 g/mol. The van der Waals surface area contributed by atoms with Crippen molar-refractivity contribution in [1.29, 1.82) is 0 Å². The predicted molar refractivity (Wildman–Crippen MR) is 132 cm³/mol. The lowest BCUT2D eigenvalue weighted by molar-refractivity contribution is 0.243. The maximum Gasteiger partial charge on any atom is 0.319 e. The molecule has 0 saturated heterocycles. The summed E-state index contributed by atoms with van der Waals surface area (Å²) in [6.45, 7) is 2.12. The molecule has 0 unspecified atom stereocenters. The monoisotopic (exact) mass is 432 g/mol. The minimum atomic E-state index is -0.140. The number of aromatic nitrogens is 2. The molecule has 0 atom stereocenters. The van der Waals surface area contributed by atoms with Crippen molar-refractivity contribution in [1.82, 2.24) is 15.3 Å². The van der Waals surface area contributed by atoms with E-state index in [0.29, 0.717) is 12.0 Å². The van der Waals surface area contributed by atoms with Crippen LogP contribution in [-0.2, 0) is 6.42 Å². The van der Waals surface area contributed by atoms with Gasteiger partial charge in [-0.25, -0.2) is 9.78 Å². The lowest BCUT2D eigenvalue weighted by Gasteiger charge is -2.30. The Balaban J connectivity index is 1.30. The van der Waals surface area contributed by atoms with Gasteiger partial charge in [0.05, 0.1) is 5.52 Å². The maximum absolute atomic E-state index is 12.4. The molecule has 32 heavy (non-hydrogen) atoms. The molecule has 3 aromatic rings. The van der Waals surface area contributed by atoms with Gasteiger partial charge in [0.1, 0.15) is 5.82 Å². The van der Waals surface area contributed by atoms with Crippen LogP contribution in [0.1, 0.15) is 38.2 Å². The van der Waals surface area contributed by atoms with Crippen molar-refractivity contribution in [2.45, 2.75) is 51.1 Å². The van der Waals surface area contributed by atoms with Crippen LogP contribution in [0.25, 0.3) is 10.9 Å². The summed E-state index contributed by atoms with van der Waals surface area (Å²) in [5.41, 5.74) is 3.02. The molecule has 3 N–H and O–H groups in total. The number of anilines is 3. The van der Waals surface area contributed by atoms with E-state index in [2.05, 4.69) is 28.9 Å². The summed E-state index contributed by atoms with van der Waals surface area (Å²) < 4.78 is 0. The third-order valence-electron chi connectivity index (χ3n) is 6.02. The van der Waals surface area contributed by atoms with E-state index in [4.69, 9.17) is 9.97 Å². The first kappa shape index (κ1) is 21.9. The van der Waals surface area contributed by atoms with Gasteiger partial charge in [0.2, 0.25) is 5.95 Å². The molecule has 0 bridgehead atoms. The average Bonchev–Trinajstić information content (AvgIpc) is 2.80. The van der Waals surface area contributed by atoms with Gasteiger partial charge < -0.3 is 20.9 Å². The second-order valence-electron chi connectivity index (χ2n) is 8.62. The number of hydrogen-bond acceptors (Lipinski definition) is 5. The summed E-state index contributed by atoms with van der Waals surface area (Å²) in [7, 11) is 4.00. The number of fused-ring (bicyclic) bond motifs is 1. The van der Waals surface area contributed by atoms with E-state index in [-0.39, 0.29) is 12.1 Å². The zero-order chi connectivity index (χ0) is 22.5. The number of aryl methyl sites for hydroxylation is 1. The highest BCUT2D eigenvalue weighted by atomic mass is 16.2. The number of para-hydroxylation sites is 1. The number of hydrogen-bond donors (Lipinski definition) is 3. The molecule has 1 aliphatic rings. The number of nitrogens with one attached hydrogen (secondary N) is 3. The fourth-order valence-corrected chi connectivity index (χ4v) is 4.21. The Morgan fingerprint density at radius 3 is 2.34 bits per heavy atom. The van der Waals surface area contributed by atoms with Crippen LogP contribution in [0.15, 0.2) is 48.5 Å². The predicted octanol–water partition coefficient (Wildman–Crippen LogP) is 4.80. The SMILES string of the molecule is CCc1ccc(NC(=O)N[C@H]2CC[C@@H](Nc3nc(N(C)C)c4ccccc4n3)CC2)cc1. The molecular formula is C25H32N6O. The highest BCUT2D eigenvalue weighted by Gasteiger charge is 2.23. The number of rotatable bonds is 6. The number of carbonyl (C=O) groups excluding carboxylic acids is 1. The minimum Gasteiger partial charge on any atom is -0.362 e. The minimum absolute atomic E-state index is 0.140. The van der Waals surface area contributed by atoms with Crippen LogP contribution < -0.4 is 20.9 Å². The van der Waals surface area contributed by atoms with Gasteiger partial charge in [-0.15, -0.1) is 0 Å². The standard InChI is InChI=1S/C25H32N6O/c1-4-17-9-11-19(12-10-17)27-25(32)28-20-15-13-18(14-16-20)26-24-29-22-8-6-5-7-21(22)23(30-24)31(2)3/h5-12,18,20H,4,13-16H2,1-3H3,(H,26,29,30)(H2,27,28,32)/t18-,20+. The van der Waals surface area contributed by atoms with Gasteiger partial charge in [-0.2, -0.15) is 4.98 Å². The quantitative estimate of drug-likeness (QED) is 0.521. The van der Waals surface area contributed by atoms with Gasteiger partial charge in [0.25, 0.3) is 0 Å². The van der Waals surface area contributed by atoms with Gasteiger partial charge in [-0.3, -0.25) is 0 Å². The molecule has 1 aliphatic carbocycles. The summed E-state index contributed by atoms with van der Waals surface area (Å²) in [5.74, 6) is 1.58. The van der Waals surface area contributed by atoms with Gasteiger partial charge >= 0.3 is 6.03 Å². The van der Waals surface area contributed by atoms with Crippen LogP contribution in [0.3, 0.4) is 0 Å². The molecule has 4 rings (SSSR count). The number of nitrogens with zero attached hydrogens (tertiary/aromatic N) is 3. The van der Waals surface area contributed by atoms with Crippen molar-refractivity contribution in [2.24, 2.45) is 0 Å². The van der Waals surface area contributed by atoms with Gasteiger partial charge in [0, 0.05) is 37.3 Å². The van der Waals surface area contributed by atoms with Crippen molar-refractivity contribution in [2.75, 3.05) is 29.6 Å². The smallest absolute Gasteiger partial charge is 0.319 e. The van der Waals surface area contributed by atoms with E-state index in [0.717, 1.165) is 54.5 Å². The van der Waals surface area contributed by atoms with Crippen molar-refractivity contribution < 1.29 is 4.79 Å².